The molecule has 33 heavy (non-hydrogen) atoms. The van der Waals surface area contributed by atoms with Gasteiger partial charge in [-0.25, -0.2) is 4.98 Å². The van der Waals surface area contributed by atoms with Crippen molar-refractivity contribution in [3.8, 4) is 11.1 Å². The second-order valence-electron chi connectivity index (χ2n) is 8.22. The number of carbonyl (C=O) groups excluding carboxylic acids is 3. The van der Waals surface area contributed by atoms with Crippen LogP contribution in [0.1, 0.15) is 47.1 Å². The number of ketones is 1. The van der Waals surface area contributed by atoms with Crippen LogP contribution in [0.15, 0.2) is 42.6 Å². The summed E-state index contributed by atoms with van der Waals surface area (Å²) in [4.78, 5) is 47.4. The van der Waals surface area contributed by atoms with Crippen molar-refractivity contribution in [3.05, 3.63) is 71.1 Å². The van der Waals surface area contributed by atoms with E-state index >= 15 is 4.39 Å². The van der Waals surface area contributed by atoms with E-state index < -0.39 is 17.8 Å². The highest BCUT2D eigenvalue weighted by atomic mass is 19.1. The molecule has 3 heterocycles. The van der Waals surface area contributed by atoms with E-state index in [1.165, 1.54) is 11.8 Å². The van der Waals surface area contributed by atoms with Gasteiger partial charge in [-0.2, -0.15) is 4.39 Å². The number of fused-ring (bicyclic) bond motifs is 3. The fourth-order valence-electron chi connectivity index (χ4n) is 3.97. The Kier molecular flexibility index (Phi) is 5.76. The standard InChI is InChI=1S/C25H23FN4O3/c1-13-9-19-22-20(10-14(2)28-24(22)26)30(25(33)15(3)23(19)27-11-13)12-21(32)29-18-7-5-17(6-8-18)16(4)31/h5-11,15H,12H2,1-4H3,(H,29,32)/t15-/m0/s1. The highest BCUT2D eigenvalue weighted by Crippen LogP contribution is 2.41. The molecule has 168 valence electrons. The topological polar surface area (TPSA) is 92.3 Å². The number of hydrogen-bond acceptors (Lipinski definition) is 5. The first kappa shape index (κ1) is 22.3. The number of amides is 2. The Morgan fingerprint density at radius 1 is 1.15 bits per heavy atom. The predicted octanol–water partition coefficient (Wildman–Crippen LogP) is 4.19. The zero-order valence-electron chi connectivity index (χ0n) is 18.8. The van der Waals surface area contributed by atoms with E-state index in [4.69, 9.17) is 0 Å². The Morgan fingerprint density at radius 3 is 2.52 bits per heavy atom. The highest BCUT2D eigenvalue weighted by molar-refractivity contribution is 6.09. The Morgan fingerprint density at radius 2 is 1.85 bits per heavy atom. The molecular formula is C25H23FN4O3. The molecule has 4 rings (SSSR count). The first-order valence-electron chi connectivity index (χ1n) is 10.5. The molecule has 0 bridgehead atoms. The van der Waals surface area contributed by atoms with Crippen molar-refractivity contribution in [1.29, 1.82) is 0 Å². The third kappa shape index (κ3) is 4.24. The number of nitrogens with zero attached hydrogens (tertiary/aromatic N) is 3. The summed E-state index contributed by atoms with van der Waals surface area (Å²) in [6.45, 7) is 6.31. The number of benzene rings is 1. The summed E-state index contributed by atoms with van der Waals surface area (Å²) in [5, 5.41) is 2.73. The van der Waals surface area contributed by atoms with Gasteiger partial charge in [0.05, 0.1) is 22.9 Å². The number of rotatable bonds is 4. The van der Waals surface area contributed by atoms with Gasteiger partial charge in [-0.15, -0.1) is 0 Å². The van der Waals surface area contributed by atoms with Crippen LogP contribution >= 0.6 is 0 Å². The number of Topliss-reactive ketones (excluding diaryl/α,β-unsaturated/α-hetero) is 1. The molecule has 0 radical (unpaired) electrons. The van der Waals surface area contributed by atoms with Crippen LogP contribution in [-0.2, 0) is 9.59 Å². The number of aryl methyl sites for hydroxylation is 2. The van der Waals surface area contributed by atoms with Gasteiger partial charge in [0.2, 0.25) is 17.8 Å². The van der Waals surface area contributed by atoms with Crippen LogP contribution in [0.5, 0.6) is 0 Å². The van der Waals surface area contributed by atoms with Gasteiger partial charge >= 0.3 is 0 Å². The van der Waals surface area contributed by atoms with E-state index in [0.29, 0.717) is 28.2 Å². The van der Waals surface area contributed by atoms with Crippen molar-refractivity contribution in [2.24, 2.45) is 0 Å². The van der Waals surface area contributed by atoms with Gasteiger partial charge in [0, 0.05) is 28.7 Å². The largest absolute Gasteiger partial charge is 0.325 e. The second kappa shape index (κ2) is 8.54. The Labute approximate surface area is 190 Å². The quantitative estimate of drug-likeness (QED) is 0.479. The first-order valence-corrected chi connectivity index (χ1v) is 10.5. The molecule has 1 N–H and O–H groups in total. The number of halogens is 1. The lowest BCUT2D eigenvalue weighted by molar-refractivity contribution is -0.122. The molecule has 8 heteroatoms. The molecule has 1 atom stereocenters. The van der Waals surface area contributed by atoms with E-state index in [0.717, 1.165) is 5.56 Å². The second-order valence-corrected chi connectivity index (χ2v) is 8.22. The molecule has 2 aromatic heterocycles. The molecule has 0 saturated heterocycles. The van der Waals surface area contributed by atoms with Gasteiger partial charge in [-0.3, -0.25) is 19.4 Å². The number of hydrogen-bond donors (Lipinski definition) is 1. The van der Waals surface area contributed by atoms with Crippen LogP contribution in [0, 0.1) is 19.8 Å². The normalized spacial score (nSPS) is 14.9. The Balaban J connectivity index is 1.72. The van der Waals surface area contributed by atoms with Crippen LogP contribution in [0.3, 0.4) is 0 Å². The maximum absolute atomic E-state index is 15.1. The minimum absolute atomic E-state index is 0.0805. The zero-order valence-corrected chi connectivity index (χ0v) is 18.8. The number of anilines is 2. The lowest BCUT2D eigenvalue weighted by atomic mass is 9.97. The molecule has 1 aliphatic heterocycles. The minimum Gasteiger partial charge on any atom is -0.325 e. The summed E-state index contributed by atoms with van der Waals surface area (Å²) in [5.41, 5.74) is 3.60. The average molecular weight is 446 g/mol. The summed E-state index contributed by atoms with van der Waals surface area (Å²) in [5.74, 6) is -2.30. The summed E-state index contributed by atoms with van der Waals surface area (Å²) >= 11 is 0. The number of nitrogens with one attached hydrogen (secondary N) is 1. The third-order valence-electron chi connectivity index (χ3n) is 5.62. The molecule has 7 nitrogen and oxygen atoms in total. The van der Waals surface area contributed by atoms with Gasteiger partial charge in [0.15, 0.2) is 5.78 Å². The van der Waals surface area contributed by atoms with Crippen molar-refractivity contribution in [1.82, 2.24) is 9.97 Å². The van der Waals surface area contributed by atoms with Gasteiger partial charge in [0.1, 0.15) is 6.54 Å². The van der Waals surface area contributed by atoms with Crippen molar-refractivity contribution < 1.29 is 18.8 Å². The average Bonchev–Trinajstić information content (AvgIpc) is 2.83. The molecule has 0 spiro atoms. The van der Waals surface area contributed by atoms with Crippen LogP contribution < -0.4 is 10.2 Å². The van der Waals surface area contributed by atoms with Crippen molar-refractivity contribution in [3.63, 3.8) is 0 Å². The molecular weight excluding hydrogens is 423 g/mol. The molecule has 0 fully saturated rings. The van der Waals surface area contributed by atoms with E-state index in [-0.39, 0.29) is 29.5 Å². The molecule has 3 aromatic rings. The van der Waals surface area contributed by atoms with E-state index in [1.54, 1.807) is 56.4 Å². The lowest BCUT2D eigenvalue weighted by Crippen LogP contribution is -2.40. The summed E-state index contributed by atoms with van der Waals surface area (Å²) in [7, 11) is 0. The molecule has 0 saturated carbocycles. The fourth-order valence-corrected chi connectivity index (χ4v) is 3.97. The van der Waals surface area contributed by atoms with Gasteiger partial charge < -0.3 is 10.2 Å². The number of pyridine rings is 2. The van der Waals surface area contributed by atoms with Crippen molar-refractivity contribution in [2.75, 3.05) is 16.8 Å². The SMILES string of the molecule is CC(=O)c1ccc(NC(=O)CN2C(=O)[C@@H](C)c3ncc(C)cc3-c3c2cc(C)nc3F)cc1. The Hall–Kier alpha value is -3.94. The summed E-state index contributed by atoms with van der Waals surface area (Å²) in [6, 6.07) is 9.85. The lowest BCUT2D eigenvalue weighted by Gasteiger charge is -2.24. The van der Waals surface area contributed by atoms with Crippen LogP contribution in [0.25, 0.3) is 11.1 Å². The summed E-state index contributed by atoms with van der Waals surface area (Å²) in [6.07, 6.45) is 1.63. The highest BCUT2D eigenvalue weighted by Gasteiger charge is 2.35. The maximum atomic E-state index is 15.1. The molecule has 1 aromatic carbocycles. The maximum Gasteiger partial charge on any atom is 0.244 e. The smallest absolute Gasteiger partial charge is 0.244 e. The van der Waals surface area contributed by atoms with Gasteiger partial charge in [0.25, 0.3) is 0 Å². The van der Waals surface area contributed by atoms with E-state index in [9.17, 15) is 14.4 Å². The number of carbonyl (C=O) groups is 3. The fraction of sp³-hybridized carbons (Fsp3) is 0.240. The molecule has 0 unspecified atom stereocenters. The monoisotopic (exact) mass is 446 g/mol. The van der Waals surface area contributed by atoms with Crippen molar-refractivity contribution >= 4 is 29.0 Å². The third-order valence-corrected chi connectivity index (χ3v) is 5.62. The van der Waals surface area contributed by atoms with Crippen molar-refractivity contribution in [2.45, 2.75) is 33.6 Å². The van der Waals surface area contributed by atoms with E-state index in [1.807, 2.05) is 6.92 Å². The van der Waals surface area contributed by atoms with Crippen LogP contribution in [0.4, 0.5) is 15.8 Å². The summed E-state index contributed by atoms with van der Waals surface area (Å²) < 4.78 is 15.1. The zero-order chi connectivity index (χ0) is 23.9. The van der Waals surface area contributed by atoms with Gasteiger partial charge in [-0.05, 0) is 69.7 Å². The van der Waals surface area contributed by atoms with Gasteiger partial charge in [-0.1, -0.05) is 0 Å². The minimum atomic E-state index is -0.717. The van der Waals surface area contributed by atoms with Crippen LogP contribution in [0.2, 0.25) is 0 Å². The first-order chi connectivity index (χ1) is 15.7. The van der Waals surface area contributed by atoms with Crippen LogP contribution in [-0.4, -0.2) is 34.1 Å². The van der Waals surface area contributed by atoms with E-state index in [2.05, 4.69) is 15.3 Å². The number of aromatic nitrogens is 2. The predicted molar refractivity (Wildman–Crippen MR) is 123 cm³/mol. The molecule has 1 aliphatic rings. The Bertz CT molecular complexity index is 1290. The molecule has 2 amide bonds. The molecule has 0 aliphatic carbocycles.